The first-order valence-corrected chi connectivity index (χ1v) is 8.29. The van der Waals surface area contributed by atoms with Crippen LogP contribution in [0.5, 0.6) is 0 Å². The molecule has 0 aromatic heterocycles. The molecule has 0 amide bonds. The third kappa shape index (κ3) is 3.73. The molecule has 0 saturated carbocycles. The highest BCUT2D eigenvalue weighted by atomic mass is 35.5. The van der Waals surface area contributed by atoms with Crippen molar-refractivity contribution >= 4 is 22.4 Å². The maximum atomic E-state index is 12.7. The molecule has 2 rings (SSSR count). The van der Waals surface area contributed by atoms with E-state index >= 15 is 0 Å². The van der Waals surface area contributed by atoms with Gasteiger partial charge in [-0.1, -0.05) is 24.6 Å². The molecule has 1 aliphatic heterocycles. The van der Waals surface area contributed by atoms with Crippen LogP contribution in [0.1, 0.15) is 25.3 Å². The van der Waals surface area contributed by atoms with Crippen LogP contribution in [0, 0.1) is 6.92 Å². The van der Waals surface area contributed by atoms with Gasteiger partial charge in [0.05, 0.1) is 4.90 Å². The molecule has 0 spiro atoms. The van der Waals surface area contributed by atoms with Crippen LogP contribution in [0.2, 0.25) is 0 Å². The topological polar surface area (TPSA) is 49.4 Å². The van der Waals surface area contributed by atoms with Crippen LogP contribution >= 0.6 is 12.4 Å². The molecule has 1 atom stereocenters. The third-order valence-corrected chi connectivity index (χ3v) is 5.48. The Morgan fingerprint density at radius 2 is 1.95 bits per heavy atom. The molecule has 0 radical (unpaired) electrons. The van der Waals surface area contributed by atoms with E-state index in [9.17, 15) is 8.42 Å². The Bertz CT molecular complexity index is 510. The number of rotatable bonds is 5. The second kappa shape index (κ2) is 7.41. The van der Waals surface area contributed by atoms with Crippen molar-refractivity contribution in [2.45, 2.75) is 37.6 Å². The van der Waals surface area contributed by atoms with Gasteiger partial charge in [-0.3, -0.25) is 0 Å². The van der Waals surface area contributed by atoms with E-state index in [-0.39, 0.29) is 18.4 Å². The molecule has 1 aromatic carbocycles. The molecule has 114 valence electrons. The van der Waals surface area contributed by atoms with Crippen LogP contribution in [0.3, 0.4) is 0 Å². The smallest absolute Gasteiger partial charge is 0.243 e. The summed E-state index contributed by atoms with van der Waals surface area (Å²) in [5, 5.41) is 3.24. The largest absolute Gasteiger partial charge is 0.315 e. The van der Waals surface area contributed by atoms with Gasteiger partial charge in [0.25, 0.3) is 0 Å². The summed E-state index contributed by atoms with van der Waals surface area (Å²) in [6.07, 6.45) is 1.73. The minimum atomic E-state index is -3.37. The normalized spacial score (nSPS) is 19.1. The van der Waals surface area contributed by atoms with Gasteiger partial charge in [-0.15, -0.1) is 12.4 Å². The van der Waals surface area contributed by atoms with Crippen LogP contribution in [0.25, 0.3) is 0 Å². The molecule has 1 fully saturated rings. The standard InChI is InChI=1S/C14H22N2O2S.ClH/c1-3-10-16(13-8-9-15-11-13)19(17,18)14-6-4-12(2)5-7-14;/h4-7,13,15H,3,8-11H2,1-2H3;1H. The number of benzene rings is 1. The maximum Gasteiger partial charge on any atom is 0.243 e. The Labute approximate surface area is 128 Å². The summed E-state index contributed by atoms with van der Waals surface area (Å²) in [6.45, 7) is 6.21. The highest BCUT2D eigenvalue weighted by Gasteiger charge is 2.32. The van der Waals surface area contributed by atoms with Gasteiger partial charge >= 0.3 is 0 Å². The van der Waals surface area contributed by atoms with E-state index in [2.05, 4.69) is 5.32 Å². The molecular formula is C14H23ClN2O2S. The van der Waals surface area contributed by atoms with Crippen molar-refractivity contribution in [3.05, 3.63) is 29.8 Å². The Kier molecular flexibility index (Phi) is 6.45. The number of hydrogen-bond acceptors (Lipinski definition) is 3. The maximum absolute atomic E-state index is 12.7. The fourth-order valence-corrected chi connectivity index (χ4v) is 4.20. The van der Waals surface area contributed by atoms with Gasteiger partial charge in [0.1, 0.15) is 0 Å². The Balaban J connectivity index is 0.00000200. The molecule has 1 unspecified atom stereocenters. The van der Waals surface area contributed by atoms with E-state index in [1.807, 2.05) is 26.0 Å². The molecular weight excluding hydrogens is 296 g/mol. The van der Waals surface area contributed by atoms with Crippen molar-refractivity contribution in [1.29, 1.82) is 0 Å². The number of hydrogen-bond donors (Lipinski definition) is 1. The molecule has 1 N–H and O–H groups in total. The van der Waals surface area contributed by atoms with Crippen molar-refractivity contribution in [3.63, 3.8) is 0 Å². The highest BCUT2D eigenvalue weighted by molar-refractivity contribution is 7.89. The minimum absolute atomic E-state index is 0. The Hall–Kier alpha value is -0.620. The van der Waals surface area contributed by atoms with Gasteiger partial charge < -0.3 is 5.32 Å². The molecule has 6 heteroatoms. The summed E-state index contributed by atoms with van der Waals surface area (Å²) in [5.41, 5.74) is 1.07. The van der Waals surface area contributed by atoms with Crippen LogP contribution < -0.4 is 5.32 Å². The number of halogens is 1. The van der Waals surface area contributed by atoms with Gasteiger partial charge in [0.2, 0.25) is 10.0 Å². The predicted octanol–water partition coefficient (Wildman–Crippen LogP) is 2.18. The van der Waals surface area contributed by atoms with Crippen LogP contribution in [0.15, 0.2) is 29.2 Å². The number of nitrogens with zero attached hydrogens (tertiary/aromatic N) is 1. The van der Waals surface area contributed by atoms with Gasteiger partial charge in [0.15, 0.2) is 0 Å². The monoisotopic (exact) mass is 318 g/mol. The number of sulfonamides is 1. The second-order valence-corrected chi connectivity index (χ2v) is 6.97. The number of nitrogens with one attached hydrogen (secondary N) is 1. The first-order chi connectivity index (χ1) is 9.05. The average molecular weight is 319 g/mol. The van der Waals surface area contributed by atoms with Crippen molar-refractivity contribution in [2.24, 2.45) is 0 Å². The van der Waals surface area contributed by atoms with E-state index in [0.29, 0.717) is 11.4 Å². The molecule has 1 heterocycles. The summed E-state index contributed by atoms with van der Waals surface area (Å²) in [6, 6.07) is 7.20. The molecule has 0 bridgehead atoms. The van der Waals surface area contributed by atoms with Gasteiger partial charge in [-0.05, 0) is 38.4 Å². The average Bonchev–Trinajstić information content (AvgIpc) is 2.89. The zero-order valence-corrected chi connectivity index (χ0v) is 13.6. The van der Waals surface area contributed by atoms with E-state index in [4.69, 9.17) is 0 Å². The first-order valence-electron chi connectivity index (χ1n) is 6.85. The van der Waals surface area contributed by atoms with E-state index in [1.54, 1.807) is 16.4 Å². The first kappa shape index (κ1) is 17.4. The summed E-state index contributed by atoms with van der Waals surface area (Å²) in [7, 11) is -3.37. The van der Waals surface area contributed by atoms with E-state index in [0.717, 1.165) is 31.5 Å². The summed E-state index contributed by atoms with van der Waals surface area (Å²) >= 11 is 0. The molecule has 4 nitrogen and oxygen atoms in total. The SMILES string of the molecule is CCCN(C1CCNC1)S(=O)(=O)c1ccc(C)cc1.Cl. The Morgan fingerprint density at radius 1 is 1.30 bits per heavy atom. The van der Waals surface area contributed by atoms with Crippen molar-refractivity contribution in [2.75, 3.05) is 19.6 Å². The Morgan fingerprint density at radius 3 is 2.45 bits per heavy atom. The van der Waals surface area contributed by atoms with Crippen molar-refractivity contribution < 1.29 is 8.42 Å². The molecule has 20 heavy (non-hydrogen) atoms. The number of aryl methyl sites for hydroxylation is 1. The molecule has 0 aliphatic carbocycles. The lowest BCUT2D eigenvalue weighted by atomic mass is 10.2. The van der Waals surface area contributed by atoms with Crippen LogP contribution in [-0.2, 0) is 10.0 Å². The van der Waals surface area contributed by atoms with Crippen molar-refractivity contribution in [1.82, 2.24) is 9.62 Å². The summed E-state index contributed by atoms with van der Waals surface area (Å²) < 4.78 is 27.1. The van der Waals surface area contributed by atoms with E-state index < -0.39 is 10.0 Å². The lowest BCUT2D eigenvalue weighted by Gasteiger charge is -2.27. The summed E-state index contributed by atoms with van der Waals surface area (Å²) in [4.78, 5) is 0.401. The zero-order chi connectivity index (χ0) is 13.9. The third-order valence-electron chi connectivity index (χ3n) is 3.51. The highest BCUT2D eigenvalue weighted by Crippen LogP contribution is 2.21. The summed E-state index contributed by atoms with van der Waals surface area (Å²) in [5.74, 6) is 0. The predicted molar refractivity (Wildman–Crippen MR) is 83.9 cm³/mol. The fraction of sp³-hybridized carbons (Fsp3) is 0.571. The lowest BCUT2D eigenvalue weighted by molar-refractivity contribution is 0.335. The minimum Gasteiger partial charge on any atom is -0.315 e. The van der Waals surface area contributed by atoms with Gasteiger partial charge in [-0.2, -0.15) is 4.31 Å². The lowest BCUT2D eigenvalue weighted by Crippen LogP contribution is -2.41. The van der Waals surface area contributed by atoms with Crippen molar-refractivity contribution in [3.8, 4) is 0 Å². The van der Waals surface area contributed by atoms with Crippen LogP contribution in [-0.4, -0.2) is 38.4 Å². The quantitative estimate of drug-likeness (QED) is 0.905. The van der Waals surface area contributed by atoms with Crippen LogP contribution in [0.4, 0.5) is 0 Å². The second-order valence-electron chi connectivity index (χ2n) is 5.08. The molecule has 1 saturated heterocycles. The molecule has 1 aromatic rings. The fourth-order valence-electron chi connectivity index (χ4n) is 2.45. The van der Waals surface area contributed by atoms with Gasteiger partial charge in [-0.25, -0.2) is 8.42 Å². The van der Waals surface area contributed by atoms with E-state index in [1.165, 1.54) is 0 Å². The zero-order valence-electron chi connectivity index (χ0n) is 12.0. The molecule has 1 aliphatic rings. The van der Waals surface area contributed by atoms with Gasteiger partial charge in [0, 0.05) is 19.1 Å².